The SMILES string of the molecule is CCCC(=O)Oc1ccc2c(c1)C(=O)c1ccc(OC(=O)CCC)cc1C2=O.[Fe]. The van der Waals surface area contributed by atoms with E-state index in [-0.39, 0.29) is 75.2 Å². The summed E-state index contributed by atoms with van der Waals surface area (Å²) in [6, 6.07) is 8.77. The Labute approximate surface area is 179 Å². The summed E-state index contributed by atoms with van der Waals surface area (Å²) in [5.74, 6) is -1.01. The fraction of sp³-hybridized carbons (Fsp3) is 0.273. The summed E-state index contributed by atoms with van der Waals surface area (Å²) in [5.41, 5.74) is 0.833. The van der Waals surface area contributed by atoms with Gasteiger partial charge in [-0.1, -0.05) is 13.8 Å². The molecule has 6 nitrogen and oxygen atoms in total. The molecule has 0 radical (unpaired) electrons. The average molecular weight is 436 g/mol. The number of benzene rings is 2. The molecule has 2 aromatic rings. The summed E-state index contributed by atoms with van der Waals surface area (Å²) in [7, 11) is 0. The van der Waals surface area contributed by atoms with Gasteiger partial charge in [0, 0.05) is 52.2 Å². The van der Waals surface area contributed by atoms with Crippen LogP contribution in [-0.4, -0.2) is 23.5 Å². The van der Waals surface area contributed by atoms with Gasteiger partial charge in [0.15, 0.2) is 11.6 Å². The predicted octanol–water partition coefficient (Wildman–Crippen LogP) is 3.87. The van der Waals surface area contributed by atoms with Gasteiger partial charge in [-0.2, -0.15) is 0 Å². The molecular weight excluding hydrogens is 416 g/mol. The van der Waals surface area contributed by atoms with Crippen molar-refractivity contribution >= 4 is 23.5 Å². The summed E-state index contributed by atoms with van der Waals surface area (Å²) < 4.78 is 10.4. The van der Waals surface area contributed by atoms with Crippen LogP contribution < -0.4 is 9.47 Å². The van der Waals surface area contributed by atoms with Gasteiger partial charge in [-0.15, -0.1) is 0 Å². The molecule has 152 valence electrons. The molecule has 0 saturated heterocycles. The zero-order chi connectivity index (χ0) is 20.3. The topological polar surface area (TPSA) is 86.7 Å². The van der Waals surface area contributed by atoms with Crippen LogP contribution in [0.3, 0.4) is 0 Å². The molecule has 0 N–H and O–H groups in total. The Morgan fingerprint density at radius 1 is 0.690 bits per heavy atom. The second kappa shape index (κ2) is 9.63. The Balaban J connectivity index is 0.00000300. The Morgan fingerprint density at radius 3 is 1.41 bits per heavy atom. The van der Waals surface area contributed by atoms with E-state index in [4.69, 9.17) is 9.47 Å². The zero-order valence-corrected chi connectivity index (χ0v) is 17.2. The Hall–Kier alpha value is -2.76. The first kappa shape index (κ1) is 22.5. The monoisotopic (exact) mass is 436 g/mol. The van der Waals surface area contributed by atoms with Crippen LogP contribution in [0, 0.1) is 0 Å². The van der Waals surface area contributed by atoms with Crippen molar-refractivity contribution in [2.45, 2.75) is 39.5 Å². The summed E-state index contributed by atoms with van der Waals surface area (Å²) in [4.78, 5) is 49.1. The van der Waals surface area contributed by atoms with Crippen LogP contribution in [0.1, 0.15) is 71.4 Å². The minimum Gasteiger partial charge on any atom is -0.427 e. The molecule has 0 fully saturated rings. The zero-order valence-electron chi connectivity index (χ0n) is 16.1. The third-order valence-corrected chi connectivity index (χ3v) is 4.33. The van der Waals surface area contributed by atoms with Crippen LogP contribution in [0.25, 0.3) is 0 Å². The van der Waals surface area contributed by atoms with Crippen molar-refractivity contribution in [2.24, 2.45) is 0 Å². The van der Waals surface area contributed by atoms with E-state index in [1.165, 1.54) is 36.4 Å². The van der Waals surface area contributed by atoms with E-state index < -0.39 is 11.9 Å². The minimum absolute atomic E-state index is 0. The molecule has 0 saturated carbocycles. The summed E-state index contributed by atoms with van der Waals surface area (Å²) in [5, 5.41) is 0. The quantitative estimate of drug-likeness (QED) is 0.331. The van der Waals surface area contributed by atoms with Gasteiger partial charge in [-0.3, -0.25) is 19.2 Å². The maximum Gasteiger partial charge on any atom is 0.311 e. The summed E-state index contributed by atoms with van der Waals surface area (Å²) in [6.07, 6.45) is 1.85. The van der Waals surface area contributed by atoms with Crippen molar-refractivity contribution < 1.29 is 45.7 Å². The van der Waals surface area contributed by atoms with Crippen molar-refractivity contribution in [3.63, 3.8) is 0 Å². The molecule has 29 heavy (non-hydrogen) atoms. The number of carbonyl (C=O) groups excluding carboxylic acids is 4. The standard InChI is InChI=1S/C22H20O6.Fe/c1-3-5-19(23)27-13-7-9-15-17(11-13)21(25)16-10-8-14(12-18(16)22(15)26)28-20(24)6-4-2;/h7-12H,3-6H2,1-2H3;. The fourth-order valence-corrected chi connectivity index (χ4v) is 3.01. The third kappa shape index (κ3) is 4.81. The van der Waals surface area contributed by atoms with Crippen LogP contribution in [0.4, 0.5) is 0 Å². The van der Waals surface area contributed by atoms with Gasteiger partial charge in [0.1, 0.15) is 11.5 Å². The number of esters is 2. The van der Waals surface area contributed by atoms with E-state index in [1.807, 2.05) is 13.8 Å². The molecule has 7 heteroatoms. The van der Waals surface area contributed by atoms with Gasteiger partial charge in [0.2, 0.25) is 0 Å². The van der Waals surface area contributed by atoms with Gasteiger partial charge in [0.05, 0.1) is 0 Å². The number of fused-ring (bicyclic) bond motifs is 2. The molecule has 0 unspecified atom stereocenters. The normalized spacial score (nSPS) is 11.8. The number of carbonyl (C=O) groups is 4. The van der Waals surface area contributed by atoms with Crippen LogP contribution in [-0.2, 0) is 26.7 Å². The van der Waals surface area contributed by atoms with E-state index >= 15 is 0 Å². The molecule has 2 aromatic carbocycles. The molecule has 0 spiro atoms. The van der Waals surface area contributed by atoms with Crippen LogP contribution in [0.5, 0.6) is 11.5 Å². The molecule has 0 atom stereocenters. The van der Waals surface area contributed by atoms with E-state index in [1.54, 1.807) is 0 Å². The Kier molecular flexibility index (Phi) is 7.48. The van der Waals surface area contributed by atoms with Gasteiger partial charge >= 0.3 is 11.9 Å². The number of ketones is 2. The Morgan fingerprint density at radius 2 is 1.07 bits per heavy atom. The van der Waals surface area contributed by atoms with E-state index in [9.17, 15) is 19.2 Å². The summed E-state index contributed by atoms with van der Waals surface area (Å²) in [6.45, 7) is 3.72. The molecule has 3 rings (SSSR count). The van der Waals surface area contributed by atoms with Crippen LogP contribution in [0.2, 0.25) is 0 Å². The summed E-state index contributed by atoms with van der Waals surface area (Å²) >= 11 is 0. The van der Waals surface area contributed by atoms with Crippen molar-refractivity contribution in [3.05, 3.63) is 58.7 Å². The number of rotatable bonds is 6. The van der Waals surface area contributed by atoms with Crippen molar-refractivity contribution in [1.82, 2.24) is 0 Å². The molecule has 0 aliphatic heterocycles. The van der Waals surface area contributed by atoms with Crippen molar-refractivity contribution in [2.75, 3.05) is 0 Å². The minimum atomic E-state index is -0.393. The molecular formula is C22H20FeO6. The van der Waals surface area contributed by atoms with Gasteiger partial charge < -0.3 is 9.47 Å². The molecule has 0 amide bonds. The van der Waals surface area contributed by atoms with E-state index in [0.717, 1.165) is 0 Å². The van der Waals surface area contributed by atoms with Crippen molar-refractivity contribution in [1.29, 1.82) is 0 Å². The van der Waals surface area contributed by atoms with Crippen LogP contribution >= 0.6 is 0 Å². The maximum atomic E-state index is 12.9. The van der Waals surface area contributed by atoms with Crippen LogP contribution in [0.15, 0.2) is 36.4 Å². The van der Waals surface area contributed by atoms with Gasteiger partial charge in [-0.05, 0) is 49.2 Å². The number of hydrogen-bond donors (Lipinski definition) is 0. The predicted molar refractivity (Wildman–Crippen MR) is 101 cm³/mol. The Bertz CT molecular complexity index is 900. The van der Waals surface area contributed by atoms with E-state index in [0.29, 0.717) is 12.8 Å². The second-order valence-corrected chi connectivity index (χ2v) is 6.52. The average Bonchev–Trinajstić information content (AvgIpc) is 2.66. The molecule has 1 aliphatic carbocycles. The smallest absolute Gasteiger partial charge is 0.311 e. The first-order valence-electron chi connectivity index (χ1n) is 9.23. The third-order valence-electron chi connectivity index (χ3n) is 4.33. The largest absolute Gasteiger partial charge is 0.427 e. The number of hydrogen-bond acceptors (Lipinski definition) is 6. The van der Waals surface area contributed by atoms with Gasteiger partial charge in [-0.25, -0.2) is 0 Å². The molecule has 0 heterocycles. The van der Waals surface area contributed by atoms with Gasteiger partial charge in [0.25, 0.3) is 0 Å². The van der Waals surface area contributed by atoms with E-state index in [2.05, 4.69) is 0 Å². The fourth-order valence-electron chi connectivity index (χ4n) is 3.01. The first-order chi connectivity index (χ1) is 13.4. The first-order valence-corrected chi connectivity index (χ1v) is 9.23. The molecule has 1 aliphatic rings. The second-order valence-electron chi connectivity index (χ2n) is 6.52. The molecule has 0 bridgehead atoms. The maximum absolute atomic E-state index is 12.9. The van der Waals surface area contributed by atoms with Crippen molar-refractivity contribution in [3.8, 4) is 11.5 Å². The number of ether oxygens (including phenoxy) is 2. The molecule has 0 aromatic heterocycles.